The van der Waals surface area contributed by atoms with E-state index in [4.69, 9.17) is 4.42 Å². The van der Waals surface area contributed by atoms with Crippen LogP contribution in [0.1, 0.15) is 46.4 Å². The third-order valence-electron chi connectivity index (χ3n) is 4.57. The van der Waals surface area contributed by atoms with Gasteiger partial charge in [0, 0.05) is 7.05 Å². The first kappa shape index (κ1) is 14.9. The van der Waals surface area contributed by atoms with Crippen molar-refractivity contribution in [2.45, 2.75) is 40.7 Å². The van der Waals surface area contributed by atoms with Gasteiger partial charge in [0.05, 0.1) is 18.2 Å². The molecule has 1 aromatic heterocycles. The van der Waals surface area contributed by atoms with E-state index in [2.05, 4.69) is 33.8 Å². The second-order valence-electron chi connectivity index (χ2n) is 6.71. The van der Waals surface area contributed by atoms with Crippen molar-refractivity contribution in [2.75, 3.05) is 7.05 Å². The molecule has 0 N–H and O–H groups in total. The van der Waals surface area contributed by atoms with Gasteiger partial charge < -0.3 is 9.32 Å². The quantitative estimate of drug-likeness (QED) is 0.777. The molecule has 1 heterocycles. The fourth-order valence-electron chi connectivity index (χ4n) is 2.95. The van der Waals surface area contributed by atoms with E-state index in [-0.39, 0.29) is 23.3 Å². The van der Waals surface area contributed by atoms with E-state index in [1.165, 1.54) is 5.57 Å². The maximum atomic E-state index is 12.7. The number of rotatable bonds is 4. The smallest absolute Gasteiger partial charge is 0.227 e. The van der Waals surface area contributed by atoms with Gasteiger partial charge >= 0.3 is 0 Å². The van der Waals surface area contributed by atoms with Crippen LogP contribution in [-0.2, 0) is 4.79 Å². The Labute approximate surface area is 121 Å². The highest BCUT2D eigenvalue weighted by atomic mass is 16.3. The van der Waals surface area contributed by atoms with E-state index in [0.29, 0.717) is 5.92 Å². The SMILES string of the molecule is CC(C)=CC1C(C(=O)N(C)C(C)c2ccco2)C1(C)C. The molecule has 2 rings (SSSR count). The molecule has 3 atom stereocenters. The van der Waals surface area contributed by atoms with Crippen molar-refractivity contribution < 1.29 is 9.21 Å². The zero-order valence-corrected chi connectivity index (χ0v) is 13.3. The highest BCUT2D eigenvalue weighted by Gasteiger charge is 2.61. The van der Waals surface area contributed by atoms with Gasteiger partial charge in [0.1, 0.15) is 5.76 Å². The third kappa shape index (κ3) is 2.54. The molecule has 1 fully saturated rings. The zero-order valence-electron chi connectivity index (χ0n) is 13.3. The van der Waals surface area contributed by atoms with E-state index in [9.17, 15) is 4.79 Å². The second-order valence-corrected chi connectivity index (χ2v) is 6.71. The summed E-state index contributed by atoms with van der Waals surface area (Å²) >= 11 is 0. The van der Waals surface area contributed by atoms with Gasteiger partial charge in [0.15, 0.2) is 0 Å². The molecule has 3 unspecified atom stereocenters. The fraction of sp³-hybridized carbons (Fsp3) is 0.588. The minimum Gasteiger partial charge on any atom is -0.467 e. The van der Waals surface area contributed by atoms with Gasteiger partial charge in [0.2, 0.25) is 5.91 Å². The molecular weight excluding hydrogens is 250 g/mol. The predicted octanol–water partition coefficient (Wildman–Crippen LogP) is 4.04. The number of nitrogens with zero attached hydrogens (tertiary/aromatic N) is 1. The van der Waals surface area contributed by atoms with Crippen LogP contribution in [0, 0.1) is 17.3 Å². The molecule has 1 aliphatic rings. The number of furan rings is 1. The minimum atomic E-state index is -0.0266. The molecule has 0 aliphatic heterocycles. The van der Waals surface area contributed by atoms with Gasteiger partial charge in [-0.25, -0.2) is 0 Å². The first-order chi connectivity index (χ1) is 9.26. The average Bonchev–Trinajstić information content (AvgIpc) is 2.78. The normalized spacial score (nSPS) is 24.9. The van der Waals surface area contributed by atoms with Gasteiger partial charge in [0.25, 0.3) is 0 Å². The number of carbonyl (C=O) groups is 1. The molecule has 1 aromatic rings. The summed E-state index contributed by atoms with van der Waals surface area (Å²) in [6, 6.07) is 3.75. The lowest BCUT2D eigenvalue weighted by Gasteiger charge is -2.24. The maximum Gasteiger partial charge on any atom is 0.227 e. The zero-order chi connectivity index (χ0) is 15.1. The van der Waals surface area contributed by atoms with Gasteiger partial charge in [-0.1, -0.05) is 25.5 Å². The molecular formula is C17H25NO2. The molecule has 1 saturated carbocycles. The summed E-state index contributed by atoms with van der Waals surface area (Å²) in [6.45, 7) is 10.5. The van der Waals surface area contributed by atoms with Crippen LogP contribution in [0.3, 0.4) is 0 Å². The van der Waals surface area contributed by atoms with Gasteiger partial charge in [-0.2, -0.15) is 0 Å². The Morgan fingerprint density at radius 2 is 2.10 bits per heavy atom. The fourth-order valence-corrected chi connectivity index (χ4v) is 2.95. The summed E-state index contributed by atoms with van der Waals surface area (Å²) in [5.41, 5.74) is 1.34. The highest BCUT2D eigenvalue weighted by Crippen LogP contribution is 2.60. The van der Waals surface area contributed by atoms with Crippen molar-refractivity contribution in [1.29, 1.82) is 0 Å². The summed E-state index contributed by atoms with van der Waals surface area (Å²) in [4.78, 5) is 14.5. The molecule has 0 spiro atoms. The van der Waals surface area contributed by atoms with E-state index < -0.39 is 0 Å². The molecule has 1 amide bonds. The molecule has 20 heavy (non-hydrogen) atoms. The lowest BCUT2D eigenvalue weighted by atomic mass is 10.1. The molecule has 3 nitrogen and oxygen atoms in total. The van der Waals surface area contributed by atoms with Crippen LogP contribution in [0.15, 0.2) is 34.5 Å². The lowest BCUT2D eigenvalue weighted by molar-refractivity contribution is -0.134. The summed E-state index contributed by atoms with van der Waals surface area (Å²) in [7, 11) is 1.86. The Hall–Kier alpha value is -1.51. The number of carbonyl (C=O) groups excluding carboxylic acids is 1. The van der Waals surface area contributed by atoms with Crippen molar-refractivity contribution >= 4 is 5.91 Å². The molecule has 3 heteroatoms. The van der Waals surface area contributed by atoms with Gasteiger partial charge in [-0.15, -0.1) is 0 Å². The van der Waals surface area contributed by atoms with E-state index >= 15 is 0 Å². The molecule has 1 aliphatic carbocycles. The Balaban J connectivity index is 2.11. The Morgan fingerprint density at radius 3 is 2.60 bits per heavy atom. The standard InChI is InChI=1S/C17H25NO2/c1-11(2)10-13-15(17(13,4)5)16(19)18(6)12(3)14-8-7-9-20-14/h7-10,12-13,15H,1-6H3. The number of amides is 1. The average molecular weight is 275 g/mol. The Kier molecular flexibility index (Phi) is 3.81. The Bertz CT molecular complexity index is 509. The van der Waals surface area contributed by atoms with Crippen LogP contribution in [0.2, 0.25) is 0 Å². The topological polar surface area (TPSA) is 33.5 Å². The van der Waals surface area contributed by atoms with Crippen LogP contribution < -0.4 is 0 Å². The van der Waals surface area contributed by atoms with Crippen LogP contribution in [-0.4, -0.2) is 17.9 Å². The second kappa shape index (κ2) is 5.12. The number of hydrogen-bond donors (Lipinski definition) is 0. The third-order valence-corrected chi connectivity index (χ3v) is 4.57. The molecule has 0 radical (unpaired) electrons. The van der Waals surface area contributed by atoms with Crippen LogP contribution in [0.5, 0.6) is 0 Å². The summed E-state index contributed by atoms with van der Waals surface area (Å²) in [6.07, 6.45) is 3.88. The molecule has 0 aromatic carbocycles. The monoisotopic (exact) mass is 275 g/mol. The highest BCUT2D eigenvalue weighted by molar-refractivity contribution is 5.84. The largest absolute Gasteiger partial charge is 0.467 e. The van der Waals surface area contributed by atoms with Crippen molar-refractivity contribution in [3.63, 3.8) is 0 Å². The van der Waals surface area contributed by atoms with E-state index in [1.807, 2.05) is 31.0 Å². The molecule has 110 valence electrons. The van der Waals surface area contributed by atoms with Crippen LogP contribution in [0.4, 0.5) is 0 Å². The lowest BCUT2D eigenvalue weighted by Crippen LogP contribution is -2.32. The summed E-state index contributed by atoms with van der Waals surface area (Å²) in [5, 5.41) is 0. The van der Waals surface area contributed by atoms with Crippen molar-refractivity contribution in [1.82, 2.24) is 4.90 Å². The summed E-state index contributed by atoms with van der Waals surface area (Å²) < 4.78 is 5.40. The van der Waals surface area contributed by atoms with Crippen molar-refractivity contribution in [2.24, 2.45) is 17.3 Å². The Morgan fingerprint density at radius 1 is 1.45 bits per heavy atom. The van der Waals surface area contributed by atoms with Crippen molar-refractivity contribution in [3.05, 3.63) is 35.8 Å². The maximum absolute atomic E-state index is 12.7. The van der Waals surface area contributed by atoms with Crippen LogP contribution in [0.25, 0.3) is 0 Å². The van der Waals surface area contributed by atoms with Gasteiger partial charge in [-0.3, -0.25) is 4.79 Å². The first-order valence-electron chi connectivity index (χ1n) is 7.22. The van der Waals surface area contributed by atoms with Gasteiger partial charge in [-0.05, 0) is 44.2 Å². The first-order valence-corrected chi connectivity index (χ1v) is 7.22. The van der Waals surface area contributed by atoms with E-state index in [1.54, 1.807) is 6.26 Å². The molecule has 0 bridgehead atoms. The predicted molar refractivity (Wildman–Crippen MR) is 80.1 cm³/mol. The van der Waals surface area contributed by atoms with Crippen LogP contribution >= 0.6 is 0 Å². The molecule has 0 saturated heterocycles. The summed E-state index contributed by atoms with van der Waals surface area (Å²) in [5.74, 6) is 1.48. The number of allylic oxidation sites excluding steroid dienone is 2. The van der Waals surface area contributed by atoms with Crippen molar-refractivity contribution in [3.8, 4) is 0 Å². The number of hydrogen-bond acceptors (Lipinski definition) is 2. The minimum absolute atomic E-state index is 0.0266. The van der Waals surface area contributed by atoms with E-state index in [0.717, 1.165) is 5.76 Å².